The molecular formula is C21H17N3OS3. The van der Waals surface area contributed by atoms with Crippen LogP contribution in [0, 0.1) is 5.41 Å². The molecule has 4 nitrogen and oxygen atoms in total. The minimum absolute atomic E-state index is 0.0676. The molecule has 0 aliphatic heterocycles. The van der Waals surface area contributed by atoms with Gasteiger partial charge in [-0.05, 0) is 18.2 Å². The average molecular weight is 424 g/mol. The number of thiazole rings is 1. The van der Waals surface area contributed by atoms with E-state index in [9.17, 15) is 0 Å². The van der Waals surface area contributed by atoms with E-state index in [1.165, 1.54) is 11.3 Å². The summed E-state index contributed by atoms with van der Waals surface area (Å²) in [4.78, 5) is 6.59. The third kappa shape index (κ3) is 3.82. The Balaban J connectivity index is 1.75. The smallest absolute Gasteiger partial charge is 0.133 e. The highest BCUT2D eigenvalue weighted by atomic mass is 32.2. The number of nitrogens with one attached hydrogen (secondary N) is 1. The molecule has 0 amide bonds. The minimum Gasteiger partial charge on any atom is -0.496 e. The summed E-state index contributed by atoms with van der Waals surface area (Å²) in [5.41, 5.74) is 8.80. The van der Waals surface area contributed by atoms with Crippen LogP contribution in [-0.4, -0.2) is 17.9 Å². The van der Waals surface area contributed by atoms with Crippen LogP contribution in [0.1, 0.15) is 4.88 Å². The van der Waals surface area contributed by atoms with Gasteiger partial charge in [-0.1, -0.05) is 54.2 Å². The molecule has 0 aliphatic rings. The van der Waals surface area contributed by atoms with Gasteiger partial charge in [0.2, 0.25) is 0 Å². The maximum Gasteiger partial charge on any atom is 0.133 e. The van der Waals surface area contributed by atoms with Crippen LogP contribution in [0.4, 0.5) is 0 Å². The number of hydrogen-bond acceptors (Lipinski definition) is 6. The molecule has 0 aliphatic carbocycles. The number of nitrogen functional groups attached to an aromatic ring is 1. The molecular weight excluding hydrogens is 406 g/mol. The van der Waals surface area contributed by atoms with Crippen LogP contribution >= 0.6 is 34.4 Å². The van der Waals surface area contributed by atoms with Crippen molar-refractivity contribution in [3.8, 4) is 27.6 Å². The Morgan fingerprint density at radius 2 is 1.86 bits per heavy atom. The SMILES string of the molecule is COc1ccccc1Sc1sc(C(=N)N)cc1-c1nc(-c2ccccc2)cs1. The second-order valence-electron chi connectivity index (χ2n) is 5.88. The number of benzene rings is 2. The van der Waals surface area contributed by atoms with E-state index in [2.05, 4.69) is 17.5 Å². The van der Waals surface area contributed by atoms with Crippen molar-refractivity contribution in [3.63, 3.8) is 0 Å². The zero-order valence-corrected chi connectivity index (χ0v) is 17.5. The first-order valence-corrected chi connectivity index (χ1v) is 11.0. The van der Waals surface area contributed by atoms with Crippen LogP contribution < -0.4 is 10.5 Å². The second kappa shape index (κ2) is 8.18. The van der Waals surface area contributed by atoms with Crippen molar-refractivity contribution in [1.29, 1.82) is 5.41 Å². The Labute approximate surface area is 175 Å². The molecule has 4 rings (SSSR count). The van der Waals surface area contributed by atoms with E-state index < -0.39 is 0 Å². The average Bonchev–Trinajstić information content (AvgIpc) is 3.36. The number of thiophene rings is 1. The first-order valence-electron chi connectivity index (χ1n) is 8.46. The maximum absolute atomic E-state index is 7.84. The van der Waals surface area contributed by atoms with Crippen molar-refractivity contribution >= 4 is 40.3 Å². The fraction of sp³-hybridized carbons (Fsp3) is 0.0476. The van der Waals surface area contributed by atoms with Gasteiger partial charge in [-0.25, -0.2) is 4.98 Å². The van der Waals surface area contributed by atoms with Crippen molar-refractivity contribution in [2.75, 3.05) is 7.11 Å². The molecule has 0 saturated heterocycles. The fourth-order valence-electron chi connectivity index (χ4n) is 2.67. The first kappa shape index (κ1) is 18.7. The third-order valence-corrected chi connectivity index (χ3v) is 7.34. The molecule has 4 aromatic rings. The monoisotopic (exact) mass is 423 g/mol. The minimum atomic E-state index is 0.0676. The van der Waals surface area contributed by atoms with Crippen LogP contribution in [0.5, 0.6) is 5.75 Å². The summed E-state index contributed by atoms with van der Waals surface area (Å²) in [7, 11) is 1.67. The topological polar surface area (TPSA) is 72.0 Å². The highest BCUT2D eigenvalue weighted by molar-refractivity contribution is 8.01. The molecule has 0 fully saturated rings. The van der Waals surface area contributed by atoms with Gasteiger partial charge in [0.1, 0.15) is 16.6 Å². The lowest BCUT2D eigenvalue weighted by Gasteiger charge is -2.07. The molecule has 0 bridgehead atoms. The third-order valence-electron chi connectivity index (χ3n) is 4.04. The zero-order chi connectivity index (χ0) is 19.5. The summed E-state index contributed by atoms with van der Waals surface area (Å²) < 4.78 is 6.53. The van der Waals surface area contributed by atoms with Crippen molar-refractivity contribution in [1.82, 2.24) is 4.98 Å². The number of hydrogen-bond donors (Lipinski definition) is 2. The quantitative estimate of drug-likeness (QED) is 0.295. The molecule has 3 N–H and O–H groups in total. The lowest BCUT2D eigenvalue weighted by atomic mass is 10.2. The number of methoxy groups -OCH3 is 1. The van der Waals surface area contributed by atoms with Crippen molar-refractivity contribution in [2.24, 2.45) is 5.73 Å². The normalized spacial score (nSPS) is 10.8. The Bertz CT molecular complexity index is 1120. The maximum atomic E-state index is 7.84. The molecule has 7 heteroatoms. The predicted octanol–water partition coefficient (Wildman–Crippen LogP) is 5.98. The van der Waals surface area contributed by atoms with Gasteiger partial charge in [-0.2, -0.15) is 0 Å². The van der Waals surface area contributed by atoms with Crippen LogP contribution in [0.25, 0.3) is 21.8 Å². The highest BCUT2D eigenvalue weighted by Gasteiger charge is 2.18. The summed E-state index contributed by atoms with van der Waals surface area (Å²) in [5.74, 6) is 0.887. The van der Waals surface area contributed by atoms with Gasteiger partial charge in [0.15, 0.2) is 0 Å². The molecule has 0 atom stereocenters. The summed E-state index contributed by atoms with van der Waals surface area (Å²) in [5, 5.41) is 10.8. The fourth-order valence-corrected chi connectivity index (χ4v) is 5.98. The highest BCUT2D eigenvalue weighted by Crippen LogP contribution is 2.45. The molecule has 0 radical (unpaired) electrons. The first-order chi connectivity index (χ1) is 13.7. The number of amidine groups is 1. The second-order valence-corrected chi connectivity index (χ2v) is 9.10. The number of nitrogens with zero attached hydrogens (tertiary/aromatic N) is 1. The lowest BCUT2D eigenvalue weighted by molar-refractivity contribution is 0.405. The van der Waals surface area contributed by atoms with Crippen LogP contribution in [0.3, 0.4) is 0 Å². The van der Waals surface area contributed by atoms with Crippen molar-refractivity contribution < 1.29 is 4.74 Å². The molecule has 0 spiro atoms. The van der Waals surface area contributed by atoms with Gasteiger partial charge >= 0.3 is 0 Å². The van der Waals surface area contributed by atoms with Crippen LogP contribution in [0.15, 0.2) is 75.1 Å². The van der Waals surface area contributed by atoms with Crippen molar-refractivity contribution in [2.45, 2.75) is 9.10 Å². The summed E-state index contributed by atoms with van der Waals surface area (Å²) in [6.07, 6.45) is 0. The largest absolute Gasteiger partial charge is 0.496 e. The molecule has 2 aromatic heterocycles. The van der Waals surface area contributed by atoms with Gasteiger partial charge in [0.05, 0.1) is 26.8 Å². The van der Waals surface area contributed by atoms with E-state index in [1.807, 2.05) is 48.5 Å². The number of para-hydroxylation sites is 1. The molecule has 2 aromatic carbocycles. The summed E-state index contributed by atoms with van der Waals surface area (Å²) >= 11 is 4.71. The van der Waals surface area contributed by atoms with Gasteiger partial charge in [-0.15, -0.1) is 22.7 Å². The Kier molecular flexibility index (Phi) is 5.47. The Morgan fingerprint density at radius 3 is 2.61 bits per heavy atom. The van der Waals surface area contributed by atoms with E-state index in [-0.39, 0.29) is 5.84 Å². The summed E-state index contributed by atoms with van der Waals surface area (Å²) in [6.45, 7) is 0. The molecule has 0 unspecified atom stereocenters. The van der Waals surface area contributed by atoms with Crippen LogP contribution in [0.2, 0.25) is 0 Å². The standard InChI is InChI=1S/C21H17N3OS3/c1-25-16-9-5-6-10-17(16)27-21-14(11-18(28-21)19(22)23)20-24-15(12-26-20)13-7-3-2-4-8-13/h2-12H,1H3,(H3,22,23). The number of rotatable bonds is 6. The van der Waals surface area contributed by atoms with E-state index in [0.29, 0.717) is 0 Å². The van der Waals surface area contributed by atoms with Gasteiger partial charge < -0.3 is 10.5 Å². The molecule has 28 heavy (non-hydrogen) atoms. The van der Waals surface area contributed by atoms with Crippen LogP contribution in [-0.2, 0) is 0 Å². The summed E-state index contributed by atoms with van der Waals surface area (Å²) in [6, 6.07) is 20.0. The zero-order valence-electron chi connectivity index (χ0n) is 15.0. The Morgan fingerprint density at radius 1 is 1.11 bits per heavy atom. The number of nitrogens with two attached hydrogens (primary N) is 1. The number of aromatic nitrogens is 1. The molecule has 0 saturated carbocycles. The van der Waals surface area contributed by atoms with Gasteiger partial charge in [-0.3, -0.25) is 5.41 Å². The van der Waals surface area contributed by atoms with E-state index >= 15 is 0 Å². The molecule has 2 heterocycles. The van der Waals surface area contributed by atoms with E-state index in [4.69, 9.17) is 20.9 Å². The van der Waals surface area contributed by atoms with Gasteiger partial charge in [0.25, 0.3) is 0 Å². The van der Waals surface area contributed by atoms with Gasteiger partial charge in [0, 0.05) is 16.5 Å². The van der Waals surface area contributed by atoms with E-state index in [1.54, 1.807) is 30.2 Å². The Hall–Kier alpha value is -2.61. The predicted molar refractivity (Wildman–Crippen MR) is 119 cm³/mol. The lowest BCUT2D eigenvalue weighted by Crippen LogP contribution is -2.08. The van der Waals surface area contributed by atoms with Crippen molar-refractivity contribution in [3.05, 3.63) is 70.9 Å². The number of ether oxygens (including phenoxy) is 1. The van der Waals surface area contributed by atoms with E-state index in [0.717, 1.165) is 41.6 Å². The molecule has 140 valence electrons.